The second-order valence-electron chi connectivity index (χ2n) is 10.0. The van der Waals surface area contributed by atoms with Gasteiger partial charge in [-0.2, -0.15) is 0 Å². The fourth-order valence-corrected chi connectivity index (χ4v) is 6.48. The van der Waals surface area contributed by atoms with E-state index in [1.54, 1.807) is 0 Å². The van der Waals surface area contributed by atoms with Gasteiger partial charge in [0.25, 0.3) is 5.91 Å². The Morgan fingerprint density at radius 2 is 2.18 bits per heavy atom. The van der Waals surface area contributed by atoms with E-state index in [2.05, 4.69) is 41.3 Å². The molecule has 1 amide bonds. The summed E-state index contributed by atoms with van der Waals surface area (Å²) >= 11 is 0. The van der Waals surface area contributed by atoms with Crippen LogP contribution >= 0.6 is 0 Å². The van der Waals surface area contributed by atoms with E-state index >= 15 is 0 Å². The zero-order valence-electron chi connectivity index (χ0n) is 20.0. The van der Waals surface area contributed by atoms with Crippen molar-refractivity contribution >= 4 is 27.9 Å². The highest BCUT2D eigenvalue weighted by Gasteiger charge is 2.47. The van der Waals surface area contributed by atoms with Gasteiger partial charge in [-0.15, -0.1) is 0 Å². The Balaban J connectivity index is 1.38. The van der Waals surface area contributed by atoms with Gasteiger partial charge in [0.15, 0.2) is 0 Å². The summed E-state index contributed by atoms with van der Waals surface area (Å²) in [4.78, 5) is 15.9. The zero-order valence-corrected chi connectivity index (χ0v) is 22.0. The first-order chi connectivity index (χ1) is 15.9. The van der Waals surface area contributed by atoms with E-state index in [1.165, 1.54) is 23.2 Å². The molecule has 1 saturated carbocycles. The summed E-state index contributed by atoms with van der Waals surface area (Å²) in [6.45, 7) is 8.11. The number of fused-ring (bicyclic) bond motifs is 1. The summed E-state index contributed by atoms with van der Waals surface area (Å²) in [7, 11) is 3.11. The van der Waals surface area contributed by atoms with Gasteiger partial charge in [-0.25, -0.2) is 0 Å². The third kappa shape index (κ3) is 4.22. The zero-order chi connectivity index (χ0) is 23.2. The summed E-state index contributed by atoms with van der Waals surface area (Å²) in [6.07, 6.45) is 7.19. The van der Waals surface area contributed by atoms with Crippen LogP contribution in [0.3, 0.4) is 0 Å². The molecule has 174 valence electrons. The monoisotopic (exact) mass is 461 g/mol. The molecule has 2 N–H and O–H groups in total. The molecule has 2 fully saturated rings. The number of amides is 1. The van der Waals surface area contributed by atoms with Gasteiger partial charge in [0.1, 0.15) is 5.75 Å². The number of hydrogen-bond donors (Lipinski definition) is 2. The lowest BCUT2D eigenvalue weighted by molar-refractivity contribution is 0.0562. The van der Waals surface area contributed by atoms with Gasteiger partial charge in [0.05, 0.1) is 21.5 Å². The molecule has 0 spiro atoms. The molecule has 0 bridgehead atoms. The van der Waals surface area contributed by atoms with Crippen LogP contribution in [0.25, 0.3) is 6.08 Å². The fraction of sp³-hybridized carbons (Fsp3) is 0.444. The van der Waals surface area contributed by atoms with Gasteiger partial charge in [-0.05, 0) is 99.1 Å². The van der Waals surface area contributed by atoms with Gasteiger partial charge >= 0.3 is 0 Å². The first kappa shape index (κ1) is 22.2. The number of carbonyl (C=O) groups excluding carboxylic acids is 1. The minimum absolute atomic E-state index is 0.0114. The number of rotatable bonds is 7. The number of carbonyl (C=O) groups is 1. The van der Waals surface area contributed by atoms with Crippen LogP contribution in [-0.2, 0) is 12.0 Å². The van der Waals surface area contributed by atoms with Crippen molar-refractivity contribution in [3.05, 3.63) is 64.7 Å². The van der Waals surface area contributed by atoms with E-state index in [0.29, 0.717) is 11.6 Å². The van der Waals surface area contributed by atoms with Crippen LogP contribution in [0.15, 0.2) is 36.9 Å². The van der Waals surface area contributed by atoms with Gasteiger partial charge < -0.3 is 20.3 Å². The molecule has 3 aliphatic rings. The number of hydrogen-bond acceptors (Lipinski definition) is 4. The van der Waals surface area contributed by atoms with Gasteiger partial charge in [0, 0.05) is 23.8 Å². The van der Waals surface area contributed by atoms with Crippen molar-refractivity contribution in [2.24, 2.45) is 0 Å². The molecule has 2 aromatic rings. The second-order valence-corrected chi connectivity index (χ2v) is 11.1. The number of likely N-dealkylation sites (N-methyl/N-ethyl adjacent to an activating group) is 1. The average Bonchev–Trinajstić information content (AvgIpc) is 3.58. The first-order valence-corrected chi connectivity index (χ1v) is 13.4. The number of anilines is 1. The first-order valence-electron chi connectivity index (χ1n) is 12.2. The minimum Gasteiger partial charge on any atom is -0.494 e. The molecule has 2 atom stereocenters. The van der Waals surface area contributed by atoms with Crippen molar-refractivity contribution in [2.45, 2.75) is 56.3 Å². The highest BCUT2D eigenvalue weighted by Crippen LogP contribution is 2.49. The standard InChI is InChI=1S/C27H35N3O2Si/c1-4-18-14-22(20-6-5-12-28-23(20)15-18)27(10-11-27)29-25(31)21-16-19(8-7-17(21)2)32-26(33)24-9-13-30(24)3/h4,7-8,14-16,24,26,28H,1,5-6,9-13H2,2-3,33H3,(H,29,31)/t24-,26-/m0/s1. The van der Waals surface area contributed by atoms with E-state index in [-0.39, 0.29) is 17.2 Å². The van der Waals surface area contributed by atoms with Crippen LogP contribution in [0.4, 0.5) is 5.69 Å². The second kappa shape index (κ2) is 8.65. The minimum atomic E-state index is -0.280. The highest BCUT2D eigenvalue weighted by molar-refractivity contribution is 6.11. The van der Waals surface area contributed by atoms with E-state index < -0.39 is 0 Å². The molecule has 5 nitrogen and oxygen atoms in total. The summed E-state index contributed by atoms with van der Waals surface area (Å²) < 4.78 is 6.29. The summed E-state index contributed by atoms with van der Waals surface area (Å²) in [5.74, 6) is 0.786. The smallest absolute Gasteiger partial charge is 0.252 e. The lowest BCUT2D eigenvalue weighted by Gasteiger charge is -2.41. The normalized spacial score (nSPS) is 21.8. The molecule has 1 aliphatic carbocycles. The predicted octanol–water partition coefficient (Wildman–Crippen LogP) is 3.19. The molecule has 0 radical (unpaired) electrons. The van der Waals surface area contributed by atoms with Crippen LogP contribution in [0.2, 0.25) is 0 Å². The number of benzene rings is 2. The summed E-state index contributed by atoms with van der Waals surface area (Å²) in [6, 6.07) is 10.8. The Bertz CT molecular complexity index is 1100. The highest BCUT2D eigenvalue weighted by atomic mass is 28.1. The maximum Gasteiger partial charge on any atom is 0.252 e. The van der Waals surface area contributed by atoms with Crippen LogP contribution in [-0.4, -0.2) is 53.0 Å². The van der Waals surface area contributed by atoms with E-state index in [1.807, 2.05) is 31.2 Å². The Kier molecular flexibility index (Phi) is 5.83. The molecule has 0 unspecified atom stereocenters. The van der Waals surface area contributed by atoms with Crippen LogP contribution in [0.5, 0.6) is 5.75 Å². The van der Waals surface area contributed by atoms with Crippen molar-refractivity contribution in [2.75, 3.05) is 25.5 Å². The molecule has 0 aromatic heterocycles. The van der Waals surface area contributed by atoms with Gasteiger partial charge in [-0.1, -0.05) is 18.7 Å². The van der Waals surface area contributed by atoms with Crippen LogP contribution in [0.1, 0.15) is 58.3 Å². The molecule has 6 heteroatoms. The Morgan fingerprint density at radius 1 is 1.36 bits per heavy atom. The molecule has 33 heavy (non-hydrogen) atoms. The molecular weight excluding hydrogens is 426 g/mol. The largest absolute Gasteiger partial charge is 0.494 e. The number of ether oxygens (including phenoxy) is 1. The topological polar surface area (TPSA) is 53.6 Å². The fourth-order valence-electron chi connectivity index (χ4n) is 5.37. The Labute approximate surface area is 200 Å². The lowest BCUT2D eigenvalue weighted by atomic mass is 9.89. The van der Waals surface area contributed by atoms with Crippen molar-refractivity contribution in [1.82, 2.24) is 10.2 Å². The summed E-state index contributed by atoms with van der Waals surface area (Å²) in [5, 5.41) is 6.96. The molecule has 2 aliphatic heterocycles. The maximum atomic E-state index is 13.5. The number of likely N-dealkylation sites (tertiary alicyclic amines) is 1. The molecule has 2 aromatic carbocycles. The van der Waals surface area contributed by atoms with Crippen LogP contribution < -0.4 is 15.4 Å². The van der Waals surface area contributed by atoms with Crippen molar-refractivity contribution < 1.29 is 9.53 Å². The third-order valence-electron chi connectivity index (χ3n) is 7.71. The van der Waals surface area contributed by atoms with Crippen molar-refractivity contribution in [3.8, 4) is 5.75 Å². The number of nitrogens with zero attached hydrogens (tertiary/aromatic N) is 1. The third-order valence-corrected chi connectivity index (χ3v) is 8.71. The lowest BCUT2D eigenvalue weighted by Crippen LogP contribution is -2.53. The Hall–Kier alpha value is -2.57. The van der Waals surface area contributed by atoms with Gasteiger partial charge in [-0.3, -0.25) is 4.79 Å². The van der Waals surface area contributed by atoms with Gasteiger partial charge in [0.2, 0.25) is 0 Å². The van der Waals surface area contributed by atoms with E-state index in [9.17, 15) is 4.79 Å². The summed E-state index contributed by atoms with van der Waals surface area (Å²) in [5.41, 5.74) is 6.54. The quantitative estimate of drug-likeness (QED) is 0.622. The Morgan fingerprint density at radius 3 is 2.85 bits per heavy atom. The van der Waals surface area contributed by atoms with Crippen molar-refractivity contribution in [1.29, 1.82) is 0 Å². The average molecular weight is 462 g/mol. The number of nitrogens with one attached hydrogen (secondary N) is 2. The maximum absolute atomic E-state index is 13.5. The SMILES string of the molecule is C=Cc1cc2c(c(C3(NC(=O)c4cc(O[C@@H]([SiH3])[C@@H]5CCN5C)ccc4C)CC3)c1)CCCN2. The van der Waals surface area contributed by atoms with E-state index in [4.69, 9.17) is 4.74 Å². The molecule has 5 rings (SSSR count). The predicted molar refractivity (Wildman–Crippen MR) is 138 cm³/mol. The molecule has 2 heterocycles. The number of aryl methyl sites for hydroxylation is 1. The van der Waals surface area contributed by atoms with Crippen LogP contribution in [0, 0.1) is 6.92 Å². The van der Waals surface area contributed by atoms with E-state index in [0.717, 1.165) is 65.9 Å². The molecule has 1 saturated heterocycles. The van der Waals surface area contributed by atoms with Crippen molar-refractivity contribution in [3.63, 3.8) is 0 Å². The molecular formula is C27H35N3O2Si.